The van der Waals surface area contributed by atoms with Crippen LogP contribution in [0.25, 0.3) is 10.8 Å². The highest BCUT2D eigenvalue weighted by Crippen LogP contribution is 2.21. The first kappa shape index (κ1) is 28.7. The normalized spacial score (nSPS) is 12.1. The minimum atomic E-state index is -1.11. The summed E-state index contributed by atoms with van der Waals surface area (Å²) in [6.07, 6.45) is 0.0299. The fourth-order valence-electron chi connectivity index (χ4n) is 4.78. The number of nitro groups is 1. The topological polar surface area (TPSA) is 130 Å². The Morgan fingerprint density at radius 3 is 2.00 bits per heavy atom. The molecule has 0 fully saturated rings. The molecule has 3 N–H and O–H groups in total. The molecule has 214 valence electrons. The molecule has 9 heteroatoms. The summed E-state index contributed by atoms with van der Waals surface area (Å²) in [6.45, 7) is 0. The smallest absolute Gasteiger partial charge is 0.269 e. The van der Waals surface area contributed by atoms with Gasteiger partial charge in [0.05, 0.1) is 4.92 Å². The molecule has 0 bridgehead atoms. The Balaban J connectivity index is 1.44. The van der Waals surface area contributed by atoms with E-state index in [0.29, 0.717) is 22.4 Å². The molecule has 0 aromatic heterocycles. The molecule has 3 amide bonds. The Kier molecular flexibility index (Phi) is 8.82. The molecule has 0 aliphatic heterocycles. The summed E-state index contributed by atoms with van der Waals surface area (Å²) in [5.41, 5.74) is 2.01. The molecule has 0 saturated carbocycles. The second-order valence-electron chi connectivity index (χ2n) is 9.89. The van der Waals surface area contributed by atoms with Gasteiger partial charge in [-0.3, -0.25) is 24.5 Å². The van der Waals surface area contributed by atoms with E-state index in [-0.39, 0.29) is 12.1 Å². The third-order valence-electron chi connectivity index (χ3n) is 6.97. The third kappa shape index (κ3) is 7.09. The van der Waals surface area contributed by atoms with Crippen molar-refractivity contribution < 1.29 is 19.3 Å². The largest absolute Gasteiger partial charge is 0.340 e. The van der Waals surface area contributed by atoms with Gasteiger partial charge >= 0.3 is 0 Å². The van der Waals surface area contributed by atoms with E-state index in [1.807, 2.05) is 36.4 Å². The molecule has 0 spiro atoms. The molecule has 0 aliphatic carbocycles. The number of nitrogens with zero attached hydrogens (tertiary/aromatic N) is 1. The second-order valence-corrected chi connectivity index (χ2v) is 9.89. The number of benzene rings is 5. The molecule has 0 radical (unpaired) electrons. The van der Waals surface area contributed by atoms with Crippen molar-refractivity contribution in [2.75, 3.05) is 5.32 Å². The van der Waals surface area contributed by atoms with Gasteiger partial charge in [0.15, 0.2) is 0 Å². The molecule has 5 aromatic rings. The summed E-state index contributed by atoms with van der Waals surface area (Å²) in [5, 5.41) is 21.2. The van der Waals surface area contributed by atoms with Gasteiger partial charge < -0.3 is 16.0 Å². The van der Waals surface area contributed by atoms with Crippen LogP contribution in [0.1, 0.15) is 27.5 Å². The zero-order valence-corrected chi connectivity index (χ0v) is 23.0. The molecule has 0 heterocycles. The van der Waals surface area contributed by atoms with Crippen molar-refractivity contribution in [3.05, 3.63) is 154 Å². The number of hydrogen-bond donors (Lipinski definition) is 3. The zero-order chi connectivity index (χ0) is 30.2. The lowest BCUT2D eigenvalue weighted by Crippen LogP contribution is -2.50. The number of carbonyl (C=O) groups is 3. The number of amides is 3. The molecule has 2 atom stereocenters. The van der Waals surface area contributed by atoms with Crippen LogP contribution in [0, 0.1) is 10.1 Å². The average molecular weight is 573 g/mol. The fraction of sp³-hybridized carbons (Fsp3) is 0.0882. The van der Waals surface area contributed by atoms with Gasteiger partial charge in [-0.2, -0.15) is 0 Å². The lowest BCUT2D eigenvalue weighted by atomic mass is 10.0. The van der Waals surface area contributed by atoms with Crippen molar-refractivity contribution >= 4 is 39.9 Å². The number of carbonyl (C=O) groups excluding carboxylic acids is 3. The number of anilines is 1. The highest BCUT2D eigenvalue weighted by molar-refractivity contribution is 6.08. The summed E-state index contributed by atoms with van der Waals surface area (Å²) in [4.78, 5) is 51.5. The lowest BCUT2D eigenvalue weighted by Gasteiger charge is -2.24. The minimum absolute atomic E-state index is 0.0299. The van der Waals surface area contributed by atoms with E-state index >= 15 is 0 Å². The van der Waals surface area contributed by atoms with Crippen LogP contribution in [0.5, 0.6) is 0 Å². The molecule has 9 nitrogen and oxygen atoms in total. The predicted octanol–water partition coefficient (Wildman–Crippen LogP) is 5.59. The Labute approximate surface area is 247 Å². The van der Waals surface area contributed by atoms with E-state index in [2.05, 4.69) is 16.0 Å². The number of non-ortho nitro benzene ring substituents is 1. The van der Waals surface area contributed by atoms with E-state index < -0.39 is 34.7 Å². The van der Waals surface area contributed by atoms with Crippen LogP contribution in [-0.4, -0.2) is 28.7 Å². The summed E-state index contributed by atoms with van der Waals surface area (Å²) >= 11 is 0. The minimum Gasteiger partial charge on any atom is -0.340 e. The average Bonchev–Trinajstić information content (AvgIpc) is 3.04. The van der Waals surface area contributed by atoms with Gasteiger partial charge in [0.1, 0.15) is 12.1 Å². The highest BCUT2D eigenvalue weighted by Gasteiger charge is 2.29. The van der Waals surface area contributed by atoms with Crippen LogP contribution in [0.15, 0.2) is 127 Å². The van der Waals surface area contributed by atoms with E-state index in [1.54, 1.807) is 78.9 Å². The van der Waals surface area contributed by atoms with Crippen LogP contribution < -0.4 is 16.0 Å². The first-order valence-electron chi connectivity index (χ1n) is 13.6. The fourth-order valence-corrected chi connectivity index (χ4v) is 4.78. The first-order valence-corrected chi connectivity index (χ1v) is 13.6. The van der Waals surface area contributed by atoms with Crippen LogP contribution in [0.3, 0.4) is 0 Å². The van der Waals surface area contributed by atoms with Crippen LogP contribution >= 0.6 is 0 Å². The molecule has 0 aliphatic rings. The van der Waals surface area contributed by atoms with E-state index in [0.717, 1.165) is 10.8 Å². The maximum atomic E-state index is 13.9. The quantitative estimate of drug-likeness (QED) is 0.148. The van der Waals surface area contributed by atoms with Gasteiger partial charge in [0.2, 0.25) is 5.91 Å². The maximum absolute atomic E-state index is 13.9. The number of hydrogen-bond acceptors (Lipinski definition) is 5. The number of nitro benzene ring substituents is 1. The summed E-state index contributed by atoms with van der Waals surface area (Å²) in [5.74, 6) is -1.52. The lowest BCUT2D eigenvalue weighted by molar-refractivity contribution is -0.384. The van der Waals surface area contributed by atoms with Crippen molar-refractivity contribution in [3.8, 4) is 0 Å². The van der Waals surface area contributed by atoms with Crippen LogP contribution in [0.2, 0.25) is 0 Å². The molecule has 0 unspecified atom stereocenters. The zero-order valence-electron chi connectivity index (χ0n) is 23.0. The van der Waals surface area contributed by atoms with Gasteiger partial charge in [-0.15, -0.1) is 0 Å². The van der Waals surface area contributed by atoms with Gasteiger partial charge in [-0.05, 0) is 40.1 Å². The molecule has 43 heavy (non-hydrogen) atoms. The SMILES string of the molecule is O=C(N[C@@H](Cc1ccc([N+](=O)[O-])cc1)C(=O)N[C@H](C(=O)Nc1ccccc1)c1ccccc1)c1cccc2ccccc12. The van der Waals surface area contributed by atoms with Crippen molar-refractivity contribution in [2.45, 2.75) is 18.5 Å². The van der Waals surface area contributed by atoms with Crippen molar-refractivity contribution in [2.24, 2.45) is 0 Å². The van der Waals surface area contributed by atoms with E-state index in [9.17, 15) is 24.5 Å². The van der Waals surface area contributed by atoms with Crippen LogP contribution in [-0.2, 0) is 16.0 Å². The Hall–Kier alpha value is -5.83. The van der Waals surface area contributed by atoms with Crippen molar-refractivity contribution in [1.82, 2.24) is 10.6 Å². The Morgan fingerprint density at radius 2 is 1.30 bits per heavy atom. The highest BCUT2D eigenvalue weighted by atomic mass is 16.6. The van der Waals surface area contributed by atoms with Gasteiger partial charge in [0, 0.05) is 29.8 Å². The monoisotopic (exact) mass is 572 g/mol. The summed E-state index contributed by atoms with van der Waals surface area (Å²) in [6, 6.07) is 34.0. The summed E-state index contributed by atoms with van der Waals surface area (Å²) in [7, 11) is 0. The molecular formula is C34H28N4O5. The van der Waals surface area contributed by atoms with Crippen LogP contribution in [0.4, 0.5) is 11.4 Å². The molecule has 5 aromatic carbocycles. The third-order valence-corrected chi connectivity index (χ3v) is 6.97. The van der Waals surface area contributed by atoms with E-state index in [4.69, 9.17) is 0 Å². The maximum Gasteiger partial charge on any atom is 0.269 e. The molecule has 0 saturated heterocycles. The molecular weight excluding hydrogens is 544 g/mol. The van der Waals surface area contributed by atoms with Gasteiger partial charge in [0.25, 0.3) is 17.5 Å². The first-order chi connectivity index (χ1) is 20.9. The van der Waals surface area contributed by atoms with Gasteiger partial charge in [-0.25, -0.2) is 0 Å². The molecule has 5 rings (SSSR count). The summed E-state index contributed by atoms with van der Waals surface area (Å²) < 4.78 is 0. The van der Waals surface area contributed by atoms with E-state index in [1.165, 1.54) is 12.1 Å². The number of fused-ring (bicyclic) bond motifs is 1. The number of para-hydroxylation sites is 1. The standard InChI is InChI=1S/C34H28N4O5/c39-32(29-17-9-13-24-10-7-8-16-28(24)29)36-30(22-23-18-20-27(21-19-23)38(42)43)33(40)37-31(25-11-3-1-4-12-25)34(41)35-26-14-5-2-6-15-26/h1-21,30-31H,22H2,(H,35,41)(H,36,39)(H,37,40)/t30-,31-/m0/s1. The van der Waals surface area contributed by atoms with Crippen molar-refractivity contribution in [3.63, 3.8) is 0 Å². The van der Waals surface area contributed by atoms with Gasteiger partial charge in [-0.1, -0.05) is 97.1 Å². The Morgan fingerprint density at radius 1 is 0.674 bits per heavy atom. The number of nitrogens with one attached hydrogen (secondary N) is 3. The Bertz CT molecular complexity index is 1750. The second kappa shape index (κ2) is 13.2. The van der Waals surface area contributed by atoms with Crippen molar-refractivity contribution in [1.29, 1.82) is 0 Å². The number of rotatable bonds is 10. The predicted molar refractivity (Wildman–Crippen MR) is 164 cm³/mol.